The van der Waals surface area contributed by atoms with Gasteiger partial charge < -0.3 is 9.84 Å². The first kappa shape index (κ1) is 12.4. The number of allylic oxidation sites excluding steroid dienone is 3. The Kier molecular flexibility index (Phi) is 3.77. The summed E-state index contributed by atoms with van der Waals surface area (Å²) < 4.78 is 18.9. The normalized spacial score (nSPS) is 14.2. The fourth-order valence-corrected chi connectivity index (χ4v) is 1.79. The number of ether oxygens (including phenoxy) is 1. The number of hydrogen-bond acceptors (Lipinski definition) is 2. The van der Waals surface area contributed by atoms with Crippen LogP contribution in [0, 0.1) is 5.82 Å². The molecule has 0 radical (unpaired) electrons. The highest BCUT2D eigenvalue weighted by atomic mass is 19.1. The smallest absolute Gasteiger partial charge is 0.339 e. The third-order valence-corrected chi connectivity index (χ3v) is 2.67. The van der Waals surface area contributed by atoms with E-state index in [0.29, 0.717) is 11.3 Å². The standard InChI is InChI=1S/C14H13FO3/c15-12-8-4-5-10(13(12)14(16)17)9-18-11-6-2-1-3-7-11/h2,4-8H,1,3,9H2,(H,16,17). The molecule has 0 heterocycles. The average Bonchev–Trinajstić information content (AvgIpc) is 2.37. The van der Waals surface area contributed by atoms with Crippen LogP contribution in [0.5, 0.6) is 0 Å². The molecule has 4 heteroatoms. The molecule has 1 aromatic carbocycles. The molecule has 0 amide bonds. The van der Waals surface area contributed by atoms with E-state index in [1.165, 1.54) is 6.07 Å². The van der Waals surface area contributed by atoms with Crippen molar-refractivity contribution < 1.29 is 19.0 Å². The van der Waals surface area contributed by atoms with E-state index >= 15 is 0 Å². The van der Waals surface area contributed by atoms with Gasteiger partial charge in [0.05, 0.1) is 0 Å². The van der Waals surface area contributed by atoms with E-state index in [2.05, 4.69) is 0 Å². The van der Waals surface area contributed by atoms with Crippen molar-refractivity contribution in [3.63, 3.8) is 0 Å². The monoisotopic (exact) mass is 248 g/mol. The van der Waals surface area contributed by atoms with Crippen LogP contribution in [0.1, 0.15) is 28.8 Å². The van der Waals surface area contributed by atoms with Crippen LogP contribution < -0.4 is 0 Å². The van der Waals surface area contributed by atoms with Gasteiger partial charge in [0.15, 0.2) is 0 Å². The van der Waals surface area contributed by atoms with Gasteiger partial charge in [-0.2, -0.15) is 0 Å². The molecule has 2 rings (SSSR count). The molecule has 3 nitrogen and oxygen atoms in total. The highest BCUT2D eigenvalue weighted by Gasteiger charge is 2.15. The minimum atomic E-state index is -1.28. The van der Waals surface area contributed by atoms with Crippen molar-refractivity contribution >= 4 is 5.97 Å². The number of carbonyl (C=O) groups is 1. The zero-order valence-corrected chi connectivity index (χ0v) is 9.73. The molecule has 0 atom stereocenters. The zero-order chi connectivity index (χ0) is 13.0. The number of carboxylic acid groups (broad SMARTS) is 1. The molecular formula is C14H13FO3. The molecule has 0 fully saturated rings. The molecule has 18 heavy (non-hydrogen) atoms. The van der Waals surface area contributed by atoms with Crippen molar-refractivity contribution in [3.8, 4) is 0 Å². The van der Waals surface area contributed by atoms with Crippen LogP contribution in [0.15, 0.2) is 42.2 Å². The van der Waals surface area contributed by atoms with E-state index < -0.39 is 11.8 Å². The highest BCUT2D eigenvalue weighted by molar-refractivity contribution is 5.89. The van der Waals surface area contributed by atoms with E-state index in [1.807, 2.05) is 18.2 Å². The predicted octanol–water partition coefficient (Wildman–Crippen LogP) is 3.27. The van der Waals surface area contributed by atoms with E-state index in [0.717, 1.165) is 18.9 Å². The van der Waals surface area contributed by atoms with Gasteiger partial charge >= 0.3 is 5.97 Å². The molecule has 0 spiro atoms. The Morgan fingerprint density at radius 2 is 2.22 bits per heavy atom. The van der Waals surface area contributed by atoms with Gasteiger partial charge in [-0.25, -0.2) is 9.18 Å². The topological polar surface area (TPSA) is 46.5 Å². The second-order valence-electron chi connectivity index (χ2n) is 3.95. The molecule has 1 aromatic rings. The lowest BCUT2D eigenvalue weighted by Gasteiger charge is -2.11. The quantitative estimate of drug-likeness (QED) is 0.889. The molecule has 94 valence electrons. The molecule has 0 saturated heterocycles. The van der Waals surface area contributed by atoms with Crippen molar-refractivity contribution in [1.29, 1.82) is 0 Å². The predicted molar refractivity (Wildman–Crippen MR) is 64.6 cm³/mol. The maximum absolute atomic E-state index is 13.4. The number of benzene rings is 1. The number of halogens is 1. The molecule has 0 unspecified atom stereocenters. The maximum atomic E-state index is 13.4. The van der Waals surface area contributed by atoms with Gasteiger partial charge in [-0.05, 0) is 31.1 Å². The van der Waals surface area contributed by atoms with Gasteiger partial charge in [0.2, 0.25) is 0 Å². The molecule has 0 aromatic heterocycles. The van der Waals surface area contributed by atoms with Gasteiger partial charge in [-0.3, -0.25) is 0 Å². The Bertz CT molecular complexity index is 518. The summed E-state index contributed by atoms with van der Waals surface area (Å²) in [7, 11) is 0. The summed E-state index contributed by atoms with van der Waals surface area (Å²) >= 11 is 0. The maximum Gasteiger partial charge on any atom is 0.339 e. The summed E-state index contributed by atoms with van der Waals surface area (Å²) in [6, 6.07) is 4.16. The Balaban J connectivity index is 2.14. The summed E-state index contributed by atoms with van der Waals surface area (Å²) in [5.41, 5.74) is 0.0141. The lowest BCUT2D eigenvalue weighted by molar-refractivity contribution is 0.0687. The summed E-state index contributed by atoms with van der Waals surface area (Å²) in [5, 5.41) is 8.96. The number of aromatic carboxylic acids is 1. The third kappa shape index (κ3) is 2.77. The second kappa shape index (κ2) is 5.49. The molecule has 1 aliphatic rings. The van der Waals surface area contributed by atoms with E-state index in [1.54, 1.807) is 6.07 Å². The van der Waals surface area contributed by atoms with Gasteiger partial charge in [-0.15, -0.1) is 0 Å². The van der Waals surface area contributed by atoms with E-state index in [9.17, 15) is 9.18 Å². The summed E-state index contributed by atoms with van der Waals surface area (Å²) in [5.74, 6) is -1.32. The first-order valence-electron chi connectivity index (χ1n) is 5.68. The molecule has 0 bridgehead atoms. The summed E-state index contributed by atoms with van der Waals surface area (Å²) in [6.45, 7) is 0.0512. The first-order valence-corrected chi connectivity index (χ1v) is 5.68. The van der Waals surface area contributed by atoms with Gasteiger partial charge in [0.25, 0.3) is 0 Å². The first-order chi connectivity index (χ1) is 8.68. The number of rotatable bonds is 4. The fourth-order valence-electron chi connectivity index (χ4n) is 1.79. The lowest BCUT2D eigenvalue weighted by atomic mass is 10.1. The minimum Gasteiger partial charge on any atom is -0.489 e. The largest absolute Gasteiger partial charge is 0.489 e. The van der Waals surface area contributed by atoms with Gasteiger partial charge in [0.1, 0.15) is 23.7 Å². The molecular weight excluding hydrogens is 235 g/mol. The van der Waals surface area contributed by atoms with Crippen LogP contribution in [0.4, 0.5) is 4.39 Å². The second-order valence-corrected chi connectivity index (χ2v) is 3.95. The van der Waals surface area contributed by atoms with Crippen molar-refractivity contribution in [2.45, 2.75) is 19.4 Å². The van der Waals surface area contributed by atoms with E-state index in [4.69, 9.17) is 9.84 Å². The van der Waals surface area contributed by atoms with E-state index in [-0.39, 0.29) is 12.2 Å². The number of hydrogen-bond donors (Lipinski definition) is 1. The Morgan fingerprint density at radius 3 is 2.89 bits per heavy atom. The molecule has 1 N–H and O–H groups in total. The molecule has 1 aliphatic carbocycles. The van der Waals surface area contributed by atoms with Crippen LogP contribution in [0.2, 0.25) is 0 Å². The van der Waals surface area contributed by atoms with Crippen LogP contribution in [0.25, 0.3) is 0 Å². The van der Waals surface area contributed by atoms with Crippen LogP contribution >= 0.6 is 0 Å². The Morgan fingerprint density at radius 1 is 1.39 bits per heavy atom. The summed E-state index contributed by atoms with van der Waals surface area (Å²) in [6.07, 6.45) is 7.63. The van der Waals surface area contributed by atoms with Crippen LogP contribution in [0.3, 0.4) is 0 Å². The Hall–Kier alpha value is -2.10. The molecule has 0 aliphatic heterocycles. The van der Waals surface area contributed by atoms with Crippen molar-refractivity contribution in [1.82, 2.24) is 0 Å². The van der Waals surface area contributed by atoms with Crippen molar-refractivity contribution in [2.75, 3.05) is 0 Å². The average molecular weight is 248 g/mol. The lowest BCUT2D eigenvalue weighted by Crippen LogP contribution is -2.07. The van der Waals surface area contributed by atoms with Crippen LogP contribution in [-0.2, 0) is 11.3 Å². The molecule has 0 saturated carbocycles. The highest BCUT2D eigenvalue weighted by Crippen LogP contribution is 2.18. The third-order valence-electron chi connectivity index (χ3n) is 2.67. The van der Waals surface area contributed by atoms with Gasteiger partial charge in [0, 0.05) is 5.56 Å². The summed E-state index contributed by atoms with van der Waals surface area (Å²) in [4.78, 5) is 11.0. The SMILES string of the molecule is O=C(O)c1c(F)cccc1COC1=CCCC=C1. The minimum absolute atomic E-state index is 0.0512. The van der Waals surface area contributed by atoms with Crippen LogP contribution in [-0.4, -0.2) is 11.1 Å². The Labute approximate surface area is 104 Å². The van der Waals surface area contributed by atoms with Gasteiger partial charge in [-0.1, -0.05) is 18.2 Å². The van der Waals surface area contributed by atoms with Crippen molar-refractivity contribution in [2.24, 2.45) is 0 Å². The fraction of sp³-hybridized carbons (Fsp3) is 0.214. The number of carboxylic acids is 1. The zero-order valence-electron chi connectivity index (χ0n) is 9.73. The van der Waals surface area contributed by atoms with Crippen molar-refractivity contribution in [3.05, 3.63) is 59.1 Å².